The van der Waals surface area contributed by atoms with E-state index in [2.05, 4.69) is 6.92 Å². The first kappa shape index (κ1) is 13.3. The summed E-state index contributed by atoms with van der Waals surface area (Å²) < 4.78 is 0. The monoisotopic (exact) mass is 199 g/mol. The standard InChI is InChI=1S/C11H21NO2/c1-2-3-4-5-6-7-11(14)8-10(12)9-13/h9-10H,2-8,12H2,1H3/t10-/m0/s1. The molecule has 0 radical (unpaired) electrons. The molecule has 3 heteroatoms. The molecule has 0 aliphatic heterocycles. The molecule has 1 atom stereocenters. The molecule has 0 aliphatic rings. The van der Waals surface area contributed by atoms with Gasteiger partial charge >= 0.3 is 0 Å². The SMILES string of the molecule is CCCCCCCC(=O)C[C@H](N)C=O. The van der Waals surface area contributed by atoms with E-state index in [4.69, 9.17) is 5.73 Å². The van der Waals surface area contributed by atoms with Gasteiger partial charge in [-0.05, 0) is 6.42 Å². The molecule has 0 aromatic carbocycles. The van der Waals surface area contributed by atoms with Crippen LogP contribution in [0, 0.1) is 0 Å². The topological polar surface area (TPSA) is 60.2 Å². The number of carbonyl (C=O) groups is 2. The van der Waals surface area contributed by atoms with Gasteiger partial charge in [0.15, 0.2) is 0 Å². The van der Waals surface area contributed by atoms with E-state index < -0.39 is 6.04 Å². The molecule has 0 spiro atoms. The first-order chi connectivity index (χ1) is 6.70. The number of hydrogen-bond donors (Lipinski definition) is 1. The Balaban J connectivity index is 3.31. The molecule has 0 unspecified atom stereocenters. The number of Topliss-reactive ketones (excluding diaryl/α,β-unsaturated/α-hetero) is 1. The Morgan fingerprint density at radius 2 is 1.93 bits per heavy atom. The van der Waals surface area contributed by atoms with Crippen LogP contribution >= 0.6 is 0 Å². The van der Waals surface area contributed by atoms with E-state index in [1.807, 2.05) is 0 Å². The third kappa shape index (κ3) is 7.92. The van der Waals surface area contributed by atoms with Crippen molar-refractivity contribution in [1.82, 2.24) is 0 Å². The van der Waals surface area contributed by atoms with Crippen molar-refractivity contribution in [1.29, 1.82) is 0 Å². The molecule has 0 aromatic heterocycles. The largest absolute Gasteiger partial charge is 0.321 e. The number of unbranched alkanes of at least 4 members (excludes halogenated alkanes) is 4. The van der Waals surface area contributed by atoms with Crippen LogP contribution in [0.5, 0.6) is 0 Å². The molecular formula is C11H21NO2. The predicted molar refractivity (Wildman–Crippen MR) is 57.0 cm³/mol. The molecule has 0 rings (SSSR count). The van der Waals surface area contributed by atoms with E-state index in [1.54, 1.807) is 0 Å². The summed E-state index contributed by atoms with van der Waals surface area (Å²) in [5, 5.41) is 0. The summed E-state index contributed by atoms with van der Waals surface area (Å²) in [5.74, 6) is 0.112. The molecule has 0 fully saturated rings. The lowest BCUT2D eigenvalue weighted by molar-refractivity contribution is -0.121. The highest BCUT2D eigenvalue weighted by Crippen LogP contribution is 2.06. The van der Waals surface area contributed by atoms with Crippen molar-refractivity contribution in [3.05, 3.63) is 0 Å². The molecule has 0 aromatic rings. The normalized spacial score (nSPS) is 12.4. The van der Waals surface area contributed by atoms with Gasteiger partial charge in [-0.2, -0.15) is 0 Å². The van der Waals surface area contributed by atoms with Gasteiger partial charge in [-0.25, -0.2) is 0 Å². The van der Waals surface area contributed by atoms with Crippen molar-refractivity contribution in [3.63, 3.8) is 0 Å². The van der Waals surface area contributed by atoms with Crippen LogP contribution in [-0.2, 0) is 9.59 Å². The third-order valence-corrected chi connectivity index (χ3v) is 2.20. The van der Waals surface area contributed by atoms with Gasteiger partial charge in [-0.1, -0.05) is 32.6 Å². The molecule has 14 heavy (non-hydrogen) atoms. The fourth-order valence-corrected chi connectivity index (χ4v) is 1.34. The highest BCUT2D eigenvalue weighted by Gasteiger charge is 2.07. The molecule has 0 bridgehead atoms. The van der Waals surface area contributed by atoms with E-state index in [0.717, 1.165) is 12.8 Å². The van der Waals surface area contributed by atoms with Gasteiger partial charge in [0.05, 0.1) is 6.04 Å². The van der Waals surface area contributed by atoms with Gasteiger partial charge in [0.25, 0.3) is 0 Å². The lowest BCUT2D eigenvalue weighted by atomic mass is 10.0. The van der Waals surface area contributed by atoms with Crippen molar-refractivity contribution < 1.29 is 9.59 Å². The second kappa shape index (κ2) is 8.88. The van der Waals surface area contributed by atoms with Crippen molar-refractivity contribution in [3.8, 4) is 0 Å². The van der Waals surface area contributed by atoms with Gasteiger partial charge in [0, 0.05) is 12.8 Å². The fourth-order valence-electron chi connectivity index (χ4n) is 1.34. The fraction of sp³-hybridized carbons (Fsp3) is 0.818. The van der Waals surface area contributed by atoms with Gasteiger partial charge in [-0.3, -0.25) is 4.79 Å². The van der Waals surface area contributed by atoms with Crippen LogP contribution in [0.1, 0.15) is 51.9 Å². The smallest absolute Gasteiger partial charge is 0.137 e. The summed E-state index contributed by atoms with van der Waals surface area (Å²) in [5.41, 5.74) is 5.34. The van der Waals surface area contributed by atoms with Crippen molar-refractivity contribution in [2.24, 2.45) is 5.73 Å². The average molecular weight is 199 g/mol. The maximum absolute atomic E-state index is 11.2. The van der Waals surface area contributed by atoms with Gasteiger partial charge in [-0.15, -0.1) is 0 Å². The molecule has 0 saturated carbocycles. The zero-order valence-corrected chi connectivity index (χ0v) is 9.00. The summed E-state index contributed by atoms with van der Waals surface area (Å²) in [6.07, 6.45) is 7.10. The minimum atomic E-state index is -0.599. The van der Waals surface area contributed by atoms with Crippen LogP contribution in [0.25, 0.3) is 0 Å². The minimum absolute atomic E-state index is 0.112. The number of aldehydes is 1. The Kier molecular flexibility index (Phi) is 8.43. The first-order valence-electron chi connectivity index (χ1n) is 5.43. The van der Waals surface area contributed by atoms with Crippen LogP contribution in [0.15, 0.2) is 0 Å². The van der Waals surface area contributed by atoms with Crippen LogP contribution in [0.4, 0.5) is 0 Å². The van der Waals surface area contributed by atoms with Crippen molar-refractivity contribution in [2.75, 3.05) is 0 Å². The summed E-state index contributed by atoms with van der Waals surface area (Å²) in [4.78, 5) is 21.4. The van der Waals surface area contributed by atoms with Crippen LogP contribution in [-0.4, -0.2) is 18.1 Å². The van der Waals surface area contributed by atoms with Gasteiger partial charge < -0.3 is 10.5 Å². The highest BCUT2D eigenvalue weighted by atomic mass is 16.1. The van der Waals surface area contributed by atoms with E-state index in [-0.39, 0.29) is 12.2 Å². The molecule has 0 amide bonds. The summed E-state index contributed by atoms with van der Waals surface area (Å²) in [6, 6.07) is -0.599. The maximum Gasteiger partial charge on any atom is 0.137 e. The summed E-state index contributed by atoms with van der Waals surface area (Å²) >= 11 is 0. The average Bonchev–Trinajstić information content (AvgIpc) is 2.17. The summed E-state index contributed by atoms with van der Waals surface area (Å²) in [6.45, 7) is 2.16. The highest BCUT2D eigenvalue weighted by molar-refractivity contribution is 5.82. The molecule has 82 valence electrons. The lowest BCUT2D eigenvalue weighted by Gasteiger charge is -2.02. The number of rotatable bonds is 9. The number of ketones is 1. The Labute approximate surface area is 86.1 Å². The zero-order valence-electron chi connectivity index (χ0n) is 9.00. The quantitative estimate of drug-likeness (QED) is 0.455. The predicted octanol–water partition coefficient (Wildman–Crippen LogP) is 1.83. The Morgan fingerprint density at radius 1 is 1.29 bits per heavy atom. The van der Waals surface area contributed by atoms with Gasteiger partial charge in [0.2, 0.25) is 0 Å². The Bertz CT molecular complexity index is 169. The van der Waals surface area contributed by atoms with Crippen molar-refractivity contribution in [2.45, 2.75) is 57.9 Å². The van der Waals surface area contributed by atoms with E-state index >= 15 is 0 Å². The molecule has 3 nitrogen and oxygen atoms in total. The van der Waals surface area contributed by atoms with Crippen LogP contribution in [0.3, 0.4) is 0 Å². The van der Waals surface area contributed by atoms with E-state index in [1.165, 1.54) is 19.3 Å². The molecule has 0 saturated heterocycles. The molecule has 0 aliphatic carbocycles. The maximum atomic E-state index is 11.2. The second-order valence-corrected chi connectivity index (χ2v) is 3.71. The molecular weight excluding hydrogens is 178 g/mol. The van der Waals surface area contributed by atoms with Gasteiger partial charge in [0.1, 0.15) is 12.1 Å². The third-order valence-electron chi connectivity index (χ3n) is 2.20. The van der Waals surface area contributed by atoms with Crippen molar-refractivity contribution >= 4 is 12.1 Å². The number of nitrogens with two attached hydrogens (primary N) is 1. The van der Waals surface area contributed by atoms with E-state index in [9.17, 15) is 9.59 Å². The first-order valence-corrected chi connectivity index (χ1v) is 5.43. The lowest BCUT2D eigenvalue weighted by Crippen LogP contribution is -2.24. The minimum Gasteiger partial charge on any atom is -0.321 e. The second-order valence-electron chi connectivity index (χ2n) is 3.71. The number of carbonyl (C=O) groups excluding carboxylic acids is 2. The number of hydrogen-bond acceptors (Lipinski definition) is 3. The van der Waals surface area contributed by atoms with Crippen LogP contribution in [0.2, 0.25) is 0 Å². The molecule has 0 heterocycles. The summed E-state index contributed by atoms with van der Waals surface area (Å²) in [7, 11) is 0. The Hall–Kier alpha value is -0.700. The van der Waals surface area contributed by atoms with E-state index in [0.29, 0.717) is 12.7 Å². The molecule has 2 N–H and O–H groups in total. The van der Waals surface area contributed by atoms with Crippen LogP contribution < -0.4 is 5.73 Å². The Morgan fingerprint density at radius 3 is 2.50 bits per heavy atom. The zero-order chi connectivity index (χ0) is 10.8.